The fourth-order valence-electron chi connectivity index (χ4n) is 1.04. The lowest BCUT2D eigenvalue weighted by atomic mass is 10.3. The average molecular weight is 143 g/mol. The Morgan fingerprint density at radius 3 is 3.27 bits per heavy atom. The van der Waals surface area contributed by atoms with Crippen molar-refractivity contribution in [3.63, 3.8) is 0 Å². The molecule has 52 valence electrons. The number of hydrogen-bond donors (Lipinski definition) is 1. The Balaban J connectivity index is 2.89. The minimum Gasteiger partial charge on any atom is -0.359 e. The summed E-state index contributed by atoms with van der Waals surface area (Å²) in [7, 11) is 0. The Morgan fingerprint density at radius 1 is 1.55 bits per heavy atom. The molecule has 2 heterocycles. The molecule has 0 amide bonds. The van der Waals surface area contributed by atoms with Gasteiger partial charge >= 0.3 is 0 Å². The third kappa shape index (κ3) is 0.767. The normalized spacial score (nSPS) is 9.73. The van der Waals surface area contributed by atoms with E-state index in [-0.39, 0.29) is 0 Å². The first-order valence-corrected chi connectivity index (χ1v) is 3.24. The van der Waals surface area contributed by atoms with Gasteiger partial charge in [-0.3, -0.25) is 4.98 Å². The van der Waals surface area contributed by atoms with Gasteiger partial charge in [0.15, 0.2) is 0 Å². The largest absolute Gasteiger partial charge is 0.359 e. The van der Waals surface area contributed by atoms with Crippen LogP contribution in [0, 0.1) is 11.3 Å². The van der Waals surface area contributed by atoms with E-state index in [0.29, 0.717) is 5.56 Å². The van der Waals surface area contributed by atoms with Crippen molar-refractivity contribution >= 4 is 11.0 Å². The van der Waals surface area contributed by atoms with Gasteiger partial charge in [-0.15, -0.1) is 0 Å². The highest BCUT2D eigenvalue weighted by molar-refractivity contribution is 5.81. The summed E-state index contributed by atoms with van der Waals surface area (Å²) in [4.78, 5) is 7.01. The molecule has 2 aromatic heterocycles. The molecule has 0 unspecified atom stereocenters. The molecule has 0 aliphatic heterocycles. The van der Waals surface area contributed by atoms with E-state index in [2.05, 4.69) is 16.0 Å². The number of hydrogen-bond acceptors (Lipinski definition) is 2. The van der Waals surface area contributed by atoms with Crippen LogP contribution in [0.4, 0.5) is 0 Å². The van der Waals surface area contributed by atoms with Crippen molar-refractivity contribution in [3.05, 3.63) is 30.1 Å². The molecule has 0 saturated heterocycles. The lowest BCUT2D eigenvalue weighted by Crippen LogP contribution is -1.73. The van der Waals surface area contributed by atoms with Gasteiger partial charge in [0.2, 0.25) is 0 Å². The van der Waals surface area contributed by atoms with Crippen LogP contribution in [0.25, 0.3) is 11.0 Å². The summed E-state index contributed by atoms with van der Waals surface area (Å²) in [5, 5.41) is 8.61. The molecule has 3 nitrogen and oxygen atoms in total. The van der Waals surface area contributed by atoms with Crippen molar-refractivity contribution in [3.8, 4) is 6.07 Å². The SMILES string of the molecule is N#Cc1c[nH]c2cccnc12. The molecule has 0 saturated carbocycles. The second-order valence-corrected chi connectivity index (χ2v) is 2.21. The molecular formula is C8H5N3. The number of nitrogens with one attached hydrogen (secondary N) is 1. The first-order valence-electron chi connectivity index (χ1n) is 3.24. The van der Waals surface area contributed by atoms with Crippen molar-refractivity contribution in [2.24, 2.45) is 0 Å². The smallest absolute Gasteiger partial charge is 0.106 e. The maximum atomic E-state index is 8.61. The van der Waals surface area contributed by atoms with E-state index in [4.69, 9.17) is 5.26 Å². The molecule has 0 bridgehead atoms. The van der Waals surface area contributed by atoms with Gasteiger partial charge in [0, 0.05) is 12.4 Å². The molecule has 0 aromatic carbocycles. The van der Waals surface area contributed by atoms with Crippen molar-refractivity contribution in [2.45, 2.75) is 0 Å². The highest BCUT2D eigenvalue weighted by atomic mass is 14.8. The lowest BCUT2D eigenvalue weighted by Gasteiger charge is -1.84. The number of nitriles is 1. The zero-order valence-electron chi connectivity index (χ0n) is 5.70. The van der Waals surface area contributed by atoms with Crippen LogP contribution in [-0.2, 0) is 0 Å². The second-order valence-electron chi connectivity index (χ2n) is 2.21. The van der Waals surface area contributed by atoms with Gasteiger partial charge in [0.1, 0.15) is 11.6 Å². The molecule has 0 spiro atoms. The van der Waals surface area contributed by atoms with Crippen LogP contribution >= 0.6 is 0 Å². The molecule has 0 atom stereocenters. The Bertz CT molecular complexity index is 422. The molecule has 1 N–H and O–H groups in total. The molecule has 0 aliphatic carbocycles. The Kier molecular flexibility index (Phi) is 1.13. The summed E-state index contributed by atoms with van der Waals surface area (Å²) in [6, 6.07) is 5.78. The standard InChI is InChI=1S/C8H5N3/c9-4-6-5-11-7-2-1-3-10-8(6)7/h1-3,5,11H. The zero-order chi connectivity index (χ0) is 7.68. The van der Waals surface area contributed by atoms with Crippen molar-refractivity contribution in [1.82, 2.24) is 9.97 Å². The van der Waals surface area contributed by atoms with Crippen LogP contribution in [0.5, 0.6) is 0 Å². The fraction of sp³-hybridized carbons (Fsp3) is 0. The van der Waals surface area contributed by atoms with E-state index in [9.17, 15) is 0 Å². The zero-order valence-corrected chi connectivity index (χ0v) is 5.70. The van der Waals surface area contributed by atoms with Gasteiger partial charge in [-0.05, 0) is 12.1 Å². The highest BCUT2D eigenvalue weighted by Gasteiger charge is 2.00. The van der Waals surface area contributed by atoms with E-state index < -0.39 is 0 Å². The predicted octanol–water partition coefficient (Wildman–Crippen LogP) is 1.43. The third-order valence-electron chi connectivity index (χ3n) is 1.56. The van der Waals surface area contributed by atoms with Crippen LogP contribution in [0.3, 0.4) is 0 Å². The van der Waals surface area contributed by atoms with E-state index >= 15 is 0 Å². The minimum absolute atomic E-state index is 0.598. The lowest BCUT2D eigenvalue weighted by molar-refractivity contribution is 1.40. The maximum absolute atomic E-state index is 8.61. The van der Waals surface area contributed by atoms with Crippen molar-refractivity contribution in [1.29, 1.82) is 5.26 Å². The number of rotatable bonds is 0. The van der Waals surface area contributed by atoms with Crippen LogP contribution in [0.15, 0.2) is 24.5 Å². The molecule has 0 aliphatic rings. The Hall–Kier alpha value is -1.82. The first kappa shape index (κ1) is 5.93. The molecular weight excluding hydrogens is 138 g/mol. The maximum Gasteiger partial charge on any atom is 0.106 e. The number of nitrogens with zero attached hydrogens (tertiary/aromatic N) is 2. The molecule has 0 fully saturated rings. The van der Waals surface area contributed by atoms with Crippen molar-refractivity contribution in [2.75, 3.05) is 0 Å². The third-order valence-corrected chi connectivity index (χ3v) is 1.56. The molecule has 3 heteroatoms. The Morgan fingerprint density at radius 2 is 2.45 bits per heavy atom. The summed E-state index contributed by atoms with van der Waals surface area (Å²) in [6.45, 7) is 0. The number of H-pyrrole nitrogens is 1. The summed E-state index contributed by atoms with van der Waals surface area (Å²) in [6.07, 6.45) is 3.34. The summed E-state index contributed by atoms with van der Waals surface area (Å²) in [5.74, 6) is 0. The van der Waals surface area contributed by atoms with E-state index in [1.807, 2.05) is 12.1 Å². The minimum atomic E-state index is 0.598. The van der Waals surface area contributed by atoms with Gasteiger partial charge in [-0.25, -0.2) is 0 Å². The molecule has 11 heavy (non-hydrogen) atoms. The van der Waals surface area contributed by atoms with E-state index in [1.54, 1.807) is 12.4 Å². The van der Waals surface area contributed by atoms with E-state index in [0.717, 1.165) is 11.0 Å². The summed E-state index contributed by atoms with van der Waals surface area (Å²) < 4.78 is 0. The molecule has 0 radical (unpaired) electrons. The summed E-state index contributed by atoms with van der Waals surface area (Å²) >= 11 is 0. The number of pyridine rings is 1. The Labute approximate surface area is 63.3 Å². The average Bonchev–Trinajstić information content (AvgIpc) is 2.47. The van der Waals surface area contributed by atoms with Crippen LogP contribution in [0.2, 0.25) is 0 Å². The second kappa shape index (κ2) is 2.10. The number of aromatic amines is 1. The van der Waals surface area contributed by atoms with Crippen LogP contribution in [-0.4, -0.2) is 9.97 Å². The quantitative estimate of drug-likeness (QED) is 0.606. The van der Waals surface area contributed by atoms with Gasteiger partial charge in [0.05, 0.1) is 11.1 Å². The molecule has 2 rings (SSSR count). The van der Waals surface area contributed by atoms with Gasteiger partial charge in [-0.2, -0.15) is 5.26 Å². The van der Waals surface area contributed by atoms with Crippen molar-refractivity contribution < 1.29 is 0 Å². The van der Waals surface area contributed by atoms with Gasteiger partial charge < -0.3 is 4.98 Å². The fourth-order valence-corrected chi connectivity index (χ4v) is 1.04. The number of aromatic nitrogens is 2. The van der Waals surface area contributed by atoms with Crippen LogP contribution < -0.4 is 0 Å². The predicted molar refractivity (Wildman–Crippen MR) is 40.8 cm³/mol. The van der Waals surface area contributed by atoms with E-state index in [1.165, 1.54) is 0 Å². The monoisotopic (exact) mass is 143 g/mol. The topological polar surface area (TPSA) is 52.5 Å². The van der Waals surface area contributed by atoms with Crippen LogP contribution in [0.1, 0.15) is 5.56 Å². The number of fused-ring (bicyclic) bond motifs is 1. The highest BCUT2D eigenvalue weighted by Crippen LogP contribution is 2.12. The van der Waals surface area contributed by atoms with Gasteiger partial charge in [0.25, 0.3) is 0 Å². The van der Waals surface area contributed by atoms with Gasteiger partial charge in [-0.1, -0.05) is 0 Å². The summed E-state index contributed by atoms with van der Waals surface area (Å²) in [5.41, 5.74) is 2.25. The molecule has 2 aromatic rings. The first-order chi connectivity index (χ1) is 5.42.